The number of amides is 1. The molecular weight excluding hydrogens is 510 g/mol. The van der Waals surface area contributed by atoms with E-state index in [0.717, 1.165) is 25.7 Å². The van der Waals surface area contributed by atoms with E-state index in [1.54, 1.807) is 6.08 Å². The van der Waals surface area contributed by atoms with Crippen molar-refractivity contribution < 1.29 is 20.1 Å². The first-order chi connectivity index (χ1) is 20.0. The third-order valence-electron chi connectivity index (χ3n) is 8.32. The Morgan fingerprint density at radius 3 is 1.41 bits per heavy atom. The topological polar surface area (TPSA) is 89.8 Å². The van der Waals surface area contributed by atoms with Crippen LogP contribution in [0.4, 0.5) is 0 Å². The van der Waals surface area contributed by atoms with Gasteiger partial charge in [-0.3, -0.25) is 4.79 Å². The van der Waals surface area contributed by atoms with Crippen molar-refractivity contribution in [2.45, 2.75) is 205 Å². The lowest BCUT2D eigenvalue weighted by atomic mass is 10.0. The van der Waals surface area contributed by atoms with Gasteiger partial charge >= 0.3 is 0 Å². The number of hydrogen-bond donors (Lipinski definition) is 4. The van der Waals surface area contributed by atoms with Crippen LogP contribution >= 0.6 is 0 Å². The maximum absolute atomic E-state index is 12.3. The van der Waals surface area contributed by atoms with E-state index in [1.807, 2.05) is 6.08 Å². The van der Waals surface area contributed by atoms with Gasteiger partial charge in [-0.25, -0.2) is 0 Å². The lowest BCUT2D eigenvalue weighted by Crippen LogP contribution is -2.45. The van der Waals surface area contributed by atoms with Gasteiger partial charge in [0.05, 0.1) is 31.3 Å². The van der Waals surface area contributed by atoms with Crippen LogP contribution in [-0.2, 0) is 4.79 Å². The van der Waals surface area contributed by atoms with Gasteiger partial charge in [0.2, 0.25) is 5.91 Å². The zero-order valence-electron chi connectivity index (χ0n) is 27.4. The van der Waals surface area contributed by atoms with Gasteiger partial charge in [0, 0.05) is 0 Å². The third kappa shape index (κ3) is 29.0. The van der Waals surface area contributed by atoms with Gasteiger partial charge in [-0.2, -0.15) is 0 Å². The van der Waals surface area contributed by atoms with Gasteiger partial charge in [0.1, 0.15) is 0 Å². The smallest absolute Gasteiger partial charge is 0.222 e. The van der Waals surface area contributed by atoms with E-state index < -0.39 is 18.2 Å². The van der Waals surface area contributed by atoms with Crippen LogP contribution in [0.25, 0.3) is 0 Å². The average Bonchev–Trinajstić information content (AvgIpc) is 2.96. The molecule has 3 unspecified atom stereocenters. The fourth-order valence-electron chi connectivity index (χ4n) is 5.51. The summed E-state index contributed by atoms with van der Waals surface area (Å²) in [6, 6.07) is -0.736. The molecule has 5 nitrogen and oxygen atoms in total. The molecule has 0 radical (unpaired) electrons. The molecule has 0 aromatic rings. The molecule has 4 N–H and O–H groups in total. The Labute approximate surface area is 255 Å². The molecule has 244 valence electrons. The molecule has 0 aliphatic rings. The van der Waals surface area contributed by atoms with Crippen LogP contribution in [0, 0.1) is 0 Å². The predicted molar refractivity (Wildman–Crippen MR) is 176 cm³/mol. The van der Waals surface area contributed by atoms with E-state index >= 15 is 0 Å². The molecule has 1 amide bonds. The van der Waals surface area contributed by atoms with Crippen LogP contribution < -0.4 is 5.32 Å². The molecular formula is C36H71NO4. The molecule has 0 bridgehead atoms. The minimum Gasteiger partial charge on any atom is -0.394 e. The number of nitrogens with one attached hydrogen (secondary N) is 1. The highest BCUT2D eigenvalue weighted by molar-refractivity contribution is 5.76. The Kier molecular flexibility index (Phi) is 31.3. The summed E-state index contributed by atoms with van der Waals surface area (Å²) in [6.45, 7) is 4.19. The molecule has 0 aliphatic carbocycles. The Morgan fingerprint density at radius 1 is 0.610 bits per heavy atom. The summed E-state index contributed by atoms with van der Waals surface area (Å²) in [6.07, 6.45) is 34.7. The summed E-state index contributed by atoms with van der Waals surface area (Å²) in [5.74, 6) is -0.316. The maximum atomic E-state index is 12.3. The van der Waals surface area contributed by atoms with Crippen molar-refractivity contribution in [3.63, 3.8) is 0 Å². The Balaban J connectivity index is 3.73. The zero-order chi connectivity index (χ0) is 30.2. The normalized spacial score (nSPS) is 14.0. The summed E-state index contributed by atoms with van der Waals surface area (Å²) in [5, 5.41) is 33.0. The van der Waals surface area contributed by atoms with Crippen molar-refractivity contribution in [3.8, 4) is 0 Å². The fraction of sp³-hybridized carbons (Fsp3) is 0.917. The number of unbranched alkanes of at least 4 members (excludes halogenated alkanes) is 23. The van der Waals surface area contributed by atoms with Gasteiger partial charge in [-0.05, 0) is 19.3 Å². The van der Waals surface area contributed by atoms with E-state index in [4.69, 9.17) is 0 Å². The van der Waals surface area contributed by atoms with Crippen LogP contribution in [0.1, 0.15) is 187 Å². The van der Waals surface area contributed by atoms with E-state index in [-0.39, 0.29) is 18.9 Å². The monoisotopic (exact) mass is 582 g/mol. The van der Waals surface area contributed by atoms with Crippen LogP contribution in [0.15, 0.2) is 12.2 Å². The molecule has 0 saturated heterocycles. The van der Waals surface area contributed by atoms with Crippen molar-refractivity contribution in [2.24, 2.45) is 0 Å². The van der Waals surface area contributed by atoms with Gasteiger partial charge in [0.15, 0.2) is 0 Å². The zero-order valence-corrected chi connectivity index (χ0v) is 27.4. The summed E-state index contributed by atoms with van der Waals surface area (Å²) in [5.41, 5.74) is 0. The Hall–Kier alpha value is -0.910. The van der Waals surface area contributed by atoms with Crippen molar-refractivity contribution in [1.82, 2.24) is 5.32 Å². The standard InChI is InChI=1S/C36H71NO4/c1-3-5-7-9-11-13-15-17-18-19-21-23-25-27-29-33(39)31-36(41)37-34(32-38)35(40)30-28-26-24-22-20-16-14-12-10-8-6-4-2/h28,30,33-35,38-40H,3-27,29,31-32H2,1-2H3,(H,37,41)/b30-28+. The van der Waals surface area contributed by atoms with Crippen molar-refractivity contribution >= 4 is 5.91 Å². The van der Waals surface area contributed by atoms with Gasteiger partial charge in [0.25, 0.3) is 0 Å². The minimum atomic E-state index is -0.921. The number of aliphatic hydroxyl groups excluding tert-OH is 3. The quantitative estimate of drug-likeness (QED) is 0.0471. The second-order valence-electron chi connectivity index (χ2n) is 12.5. The van der Waals surface area contributed by atoms with E-state index in [1.165, 1.54) is 135 Å². The molecule has 41 heavy (non-hydrogen) atoms. The van der Waals surface area contributed by atoms with Crippen molar-refractivity contribution in [2.75, 3.05) is 6.61 Å². The summed E-state index contributed by atoms with van der Waals surface area (Å²) in [7, 11) is 0. The lowest BCUT2D eigenvalue weighted by Gasteiger charge is -2.21. The summed E-state index contributed by atoms with van der Waals surface area (Å²) < 4.78 is 0. The minimum absolute atomic E-state index is 0.0178. The number of carbonyl (C=O) groups is 1. The molecule has 5 heteroatoms. The first-order valence-electron chi connectivity index (χ1n) is 18.0. The molecule has 0 rings (SSSR count). The van der Waals surface area contributed by atoms with Crippen LogP contribution in [0.5, 0.6) is 0 Å². The maximum Gasteiger partial charge on any atom is 0.222 e. The van der Waals surface area contributed by atoms with Gasteiger partial charge in [-0.15, -0.1) is 0 Å². The molecule has 0 aliphatic heterocycles. The third-order valence-corrected chi connectivity index (χ3v) is 8.32. The summed E-state index contributed by atoms with van der Waals surface area (Å²) in [4.78, 5) is 12.3. The van der Waals surface area contributed by atoms with E-state index in [2.05, 4.69) is 19.2 Å². The molecule has 0 saturated carbocycles. The summed E-state index contributed by atoms with van der Waals surface area (Å²) >= 11 is 0. The van der Waals surface area contributed by atoms with Crippen LogP contribution in [-0.4, -0.2) is 46.1 Å². The first-order valence-corrected chi connectivity index (χ1v) is 18.0. The van der Waals surface area contributed by atoms with E-state index in [9.17, 15) is 20.1 Å². The van der Waals surface area contributed by atoms with Crippen molar-refractivity contribution in [1.29, 1.82) is 0 Å². The second kappa shape index (κ2) is 32.0. The fourth-order valence-corrected chi connectivity index (χ4v) is 5.51. The molecule has 0 heterocycles. The highest BCUT2D eigenvalue weighted by Gasteiger charge is 2.20. The van der Waals surface area contributed by atoms with E-state index in [0.29, 0.717) is 6.42 Å². The first kappa shape index (κ1) is 40.1. The van der Waals surface area contributed by atoms with Crippen molar-refractivity contribution in [3.05, 3.63) is 12.2 Å². The number of rotatable bonds is 32. The number of aliphatic hydroxyl groups is 3. The number of carbonyl (C=O) groups excluding carboxylic acids is 1. The molecule has 3 atom stereocenters. The Morgan fingerprint density at radius 2 is 1.00 bits per heavy atom. The van der Waals surface area contributed by atoms with Gasteiger partial charge in [-0.1, -0.05) is 174 Å². The highest BCUT2D eigenvalue weighted by atomic mass is 16.3. The molecule has 0 aromatic heterocycles. The molecule has 0 aromatic carbocycles. The average molecular weight is 582 g/mol. The number of hydrogen-bond acceptors (Lipinski definition) is 4. The van der Waals surface area contributed by atoms with Gasteiger partial charge < -0.3 is 20.6 Å². The molecule has 0 spiro atoms. The molecule has 0 fully saturated rings. The lowest BCUT2D eigenvalue weighted by molar-refractivity contribution is -0.124. The highest BCUT2D eigenvalue weighted by Crippen LogP contribution is 2.15. The SMILES string of the molecule is CCCCCCCCCCCC/C=C/C(O)C(CO)NC(=O)CC(O)CCCCCCCCCCCCCCCC. The Bertz CT molecular complexity index is 568. The number of allylic oxidation sites excluding steroid dienone is 1. The predicted octanol–water partition coefficient (Wildman–Crippen LogP) is 9.31. The largest absolute Gasteiger partial charge is 0.394 e. The second-order valence-corrected chi connectivity index (χ2v) is 12.5. The van der Waals surface area contributed by atoms with Crippen LogP contribution in [0.2, 0.25) is 0 Å². The van der Waals surface area contributed by atoms with Crippen LogP contribution in [0.3, 0.4) is 0 Å².